The van der Waals surface area contributed by atoms with Crippen molar-refractivity contribution in [3.63, 3.8) is 0 Å². The van der Waals surface area contributed by atoms with E-state index in [0.29, 0.717) is 4.88 Å². The highest BCUT2D eigenvalue weighted by Crippen LogP contribution is 2.33. The van der Waals surface area contributed by atoms with Gasteiger partial charge in [0.2, 0.25) is 0 Å². The number of aryl methyl sites for hydroxylation is 2. The molecule has 0 unspecified atom stereocenters. The lowest BCUT2D eigenvalue weighted by molar-refractivity contribution is 0.0936. The predicted octanol–water partition coefficient (Wildman–Crippen LogP) is 5.03. The number of benzene rings is 2. The van der Waals surface area contributed by atoms with Crippen molar-refractivity contribution in [2.45, 2.75) is 32.2 Å². The molecule has 4 rings (SSSR count). The molecule has 5 heteroatoms. The van der Waals surface area contributed by atoms with Crippen LogP contribution >= 0.6 is 11.3 Å². The zero-order valence-corrected chi connectivity index (χ0v) is 16.4. The van der Waals surface area contributed by atoms with Gasteiger partial charge >= 0.3 is 0 Å². The first kappa shape index (κ1) is 17.7. The lowest BCUT2D eigenvalue weighted by atomic mass is 9.88. The van der Waals surface area contributed by atoms with E-state index in [1.165, 1.54) is 22.5 Å². The molecule has 1 N–H and O–H groups in total. The lowest BCUT2D eigenvalue weighted by Crippen LogP contribution is -2.30. The van der Waals surface area contributed by atoms with Crippen LogP contribution in [0.2, 0.25) is 0 Å². The number of nitrogens with zero attached hydrogens (tertiary/aromatic N) is 2. The van der Waals surface area contributed by atoms with Crippen LogP contribution in [-0.2, 0) is 6.42 Å². The van der Waals surface area contributed by atoms with Crippen molar-refractivity contribution in [3.8, 4) is 0 Å². The topological polar surface area (TPSA) is 45.2 Å². The van der Waals surface area contributed by atoms with Crippen LogP contribution in [0.1, 0.15) is 45.4 Å². The first-order valence-corrected chi connectivity index (χ1v) is 10.1. The van der Waals surface area contributed by atoms with Crippen molar-refractivity contribution in [2.24, 2.45) is 0 Å². The summed E-state index contributed by atoms with van der Waals surface area (Å²) in [4.78, 5) is 20.3. The van der Waals surface area contributed by atoms with Crippen LogP contribution in [0.25, 0.3) is 0 Å². The number of nitrogens with one attached hydrogen (secondary N) is 1. The SMILES string of the molecule is Cc1nc(N(C)c2ccccc2)sc1C(=O)N[C@H]1CCCc2ccccc21. The van der Waals surface area contributed by atoms with Crippen molar-refractivity contribution in [1.82, 2.24) is 10.3 Å². The molecule has 1 amide bonds. The van der Waals surface area contributed by atoms with Gasteiger partial charge in [-0.25, -0.2) is 4.98 Å². The fraction of sp³-hybridized carbons (Fsp3) is 0.273. The van der Waals surface area contributed by atoms with Gasteiger partial charge in [0.05, 0.1) is 11.7 Å². The second-order valence-corrected chi connectivity index (χ2v) is 7.90. The first-order valence-electron chi connectivity index (χ1n) is 9.28. The summed E-state index contributed by atoms with van der Waals surface area (Å²) in [5, 5.41) is 4.06. The smallest absolute Gasteiger partial charge is 0.263 e. The summed E-state index contributed by atoms with van der Waals surface area (Å²) in [6.07, 6.45) is 3.18. The molecule has 0 saturated carbocycles. The quantitative estimate of drug-likeness (QED) is 0.694. The van der Waals surface area contributed by atoms with Crippen molar-refractivity contribution >= 4 is 28.1 Å². The Hall–Kier alpha value is -2.66. The number of anilines is 2. The Morgan fingerprint density at radius 2 is 1.89 bits per heavy atom. The minimum Gasteiger partial charge on any atom is -0.344 e. The van der Waals surface area contributed by atoms with Gasteiger partial charge in [-0.1, -0.05) is 53.8 Å². The zero-order chi connectivity index (χ0) is 18.8. The standard InChI is InChI=1S/C22H23N3OS/c1-15-20(27-22(23-15)25(2)17-11-4-3-5-12-17)21(26)24-19-14-8-10-16-9-6-7-13-18(16)19/h3-7,9,11-13,19H,8,10,14H2,1-2H3,(H,24,26)/t19-/m0/s1. The number of aromatic nitrogens is 1. The molecule has 27 heavy (non-hydrogen) atoms. The molecule has 0 bridgehead atoms. The maximum Gasteiger partial charge on any atom is 0.263 e. The second-order valence-electron chi connectivity index (χ2n) is 6.92. The van der Waals surface area contributed by atoms with Gasteiger partial charge in [-0.2, -0.15) is 0 Å². The van der Waals surface area contributed by atoms with Gasteiger partial charge in [-0.3, -0.25) is 4.79 Å². The third kappa shape index (κ3) is 3.60. The molecule has 0 fully saturated rings. The van der Waals surface area contributed by atoms with E-state index in [9.17, 15) is 4.79 Å². The summed E-state index contributed by atoms with van der Waals surface area (Å²) >= 11 is 1.44. The van der Waals surface area contributed by atoms with Crippen LogP contribution in [0.3, 0.4) is 0 Å². The molecule has 0 aliphatic heterocycles. The van der Waals surface area contributed by atoms with Crippen molar-refractivity contribution in [1.29, 1.82) is 0 Å². The van der Waals surface area contributed by atoms with Crippen molar-refractivity contribution in [3.05, 3.63) is 76.3 Å². The van der Waals surface area contributed by atoms with Crippen LogP contribution in [0.4, 0.5) is 10.8 Å². The number of hydrogen-bond donors (Lipinski definition) is 1. The van der Waals surface area contributed by atoms with Gasteiger partial charge < -0.3 is 10.2 Å². The number of thiazole rings is 1. The van der Waals surface area contributed by atoms with E-state index in [4.69, 9.17) is 0 Å². The number of amides is 1. The molecule has 1 aliphatic carbocycles. The summed E-state index contributed by atoms with van der Waals surface area (Å²) in [5.41, 5.74) is 4.43. The number of hydrogen-bond acceptors (Lipinski definition) is 4. The van der Waals surface area contributed by atoms with Crippen LogP contribution in [0, 0.1) is 6.92 Å². The molecule has 0 radical (unpaired) electrons. The summed E-state index contributed by atoms with van der Waals surface area (Å²) in [7, 11) is 1.98. The fourth-order valence-electron chi connectivity index (χ4n) is 3.63. The van der Waals surface area contributed by atoms with Crippen LogP contribution in [0.15, 0.2) is 54.6 Å². The molecule has 0 saturated heterocycles. The van der Waals surface area contributed by atoms with Crippen LogP contribution in [0.5, 0.6) is 0 Å². The Morgan fingerprint density at radius 3 is 2.70 bits per heavy atom. The predicted molar refractivity (Wildman–Crippen MR) is 111 cm³/mol. The minimum atomic E-state index is -0.0283. The average Bonchev–Trinajstić information content (AvgIpc) is 3.10. The largest absolute Gasteiger partial charge is 0.344 e. The van der Waals surface area contributed by atoms with Gasteiger partial charge in [0.15, 0.2) is 5.13 Å². The molecular weight excluding hydrogens is 354 g/mol. The lowest BCUT2D eigenvalue weighted by Gasteiger charge is -2.26. The Balaban J connectivity index is 1.54. The Kier molecular flexibility index (Phi) is 4.94. The second kappa shape index (κ2) is 7.53. The number of rotatable bonds is 4. The normalized spacial score (nSPS) is 15.9. The van der Waals surface area contributed by atoms with Crippen molar-refractivity contribution < 1.29 is 4.79 Å². The molecule has 1 aromatic heterocycles. The highest BCUT2D eigenvalue weighted by Gasteiger charge is 2.24. The molecule has 138 valence electrons. The maximum atomic E-state index is 13.0. The Labute approximate surface area is 163 Å². The van der Waals surface area contributed by atoms with E-state index in [1.54, 1.807) is 0 Å². The molecule has 2 aromatic carbocycles. The first-order chi connectivity index (χ1) is 13.1. The zero-order valence-electron chi connectivity index (χ0n) is 15.6. The Bertz CT molecular complexity index is 951. The van der Waals surface area contributed by atoms with Gasteiger partial charge in [-0.15, -0.1) is 0 Å². The minimum absolute atomic E-state index is 0.0283. The van der Waals surface area contributed by atoms with Gasteiger partial charge in [0.25, 0.3) is 5.91 Å². The molecule has 1 heterocycles. The van der Waals surface area contributed by atoms with Gasteiger partial charge in [0.1, 0.15) is 4.88 Å². The monoisotopic (exact) mass is 377 g/mol. The summed E-state index contributed by atoms with van der Waals surface area (Å²) in [6, 6.07) is 18.6. The number of carbonyl (C=O) groups is 1. The average molecular weight is 378 g/mol. The molecule has 3 aromatic rings. The Morgan fingerprint density at radius 1 is 1.15 bits per heavy atom. The maximum absolute atomic E-state index is 13.0. The molecular formula is C22H23N3OS. The summed E-state index contributed by atoms with van der Waals surface area (Å²) < 4.78 is 0. The van der Waals surface area contributed by atoms with E-state index in [-0.39, 0.29) is 11.9 Å². The number of fused-ring (bicyclic) bond motifs is 1. The van der Waals surface area contributed by atoms with Crippen LogP contribution in [-0.4, -0.2) is 17.9 Å². The molecule has 1 atom stereocenters. The third-order valence-electron chi connectivity index (χ3n) is 5.10. The van der Waals surface area contributed by atoms with E-state index in [0.717, 1.165) is 35.8 Å². The van der Waals surface area contributed by atoms with Gasteiger partial charge in [0, 0.05) is 12.7 Å². The van der Waals surface area contributed by atoms with E-state index in [1.807, 2.05) is 55.3 Å². The van der Waals surface area contributed by atoms with E-state index in [2.05, 4.69) is 28.5 Å². The highest BCUT2D eigenvalue weighted by atomic mass is 32.1. The number of carbonyl (C=O) groups excluding carboxylic acids is 1. The van der Waals surface area contributed by atoms with Crippen LogP contribution < -0.4 is 10.2 Å². The fourth-order valence-corrected chi connectivity index (χ4v) is 4.58. The van der Waals surface area contributed by atoms with Gasteiger partial charge in [-0.05, 0) is 49.4 Å². The molecule has 4 nitrogen and oxygen atoms in total. The van der Waals surface area contributed by atoms with E-state index >= 15 is 0 Å². The van der Waals surface area contributed by atoms with Crippen molar-refractivity contribution in [2.75, 3.05) is 11.9 Å². The van der Waals surface area contributed by atoms with E-state index < -0.39 is 0 Å². The summed E-state index contributed by atoms with van der Waals surface area (Å²) in [6.45, 7) is 1.91. The molecule has 0 spiro atoms. The third-order valence-corrected chi connectivity index (χ3v) is 6.33. The highest BCUT2D eigenvalue weighted by molar-refractivity contribution is 7.17. The summed E-state index contributed by atoms with van der Waals surface area (Å²) in [5.74, 6) is -0.0283. The number of para-hydroxylation sites is 1. The molecule has 1 aliphatic rings.